The van der Waals surface area contributed by atoms with Crippen molar-refractivity contribution in [2.24, 2.45) is 0 Å². The van der Waals surface area contributed by atoms with Crippen molar-refractivity contribution >= 4 is 11.6 Å². The molecule has 1 rings (SSSR count). The Hall–Kier alpha value is -1.00. The largest absolute Gasteiger partial charge is 0.317 e. The zero-order valence-corrected chi connectivity index (χ0v) is 6.80. The molecule has 0 saturated heterocycles. The molecule has 0 heterocycles. The first-order chi connectivity index (χ1) is 5.33. The van der Waals surface area contributed by atoms with E-state index in [9.17, 15) is 0 Å². The summed E-state index contributed by atoms with van der Waals surface area (Å²) in [6.07, 6.45) is 0.820. The minimum atomic E-state index is 0.557. The molecule has 0 radical (unpaired) electrons. The molecule has 0 fully saturated rings. The van der Waals surface area contributed by atoms with E-state index in [2.05, 4.69) is 4.85 Å². The Morgan fingerprint density at radius 3 is 2.45 bits per heavy atom. The van der Waals surface area contributed by atoms with E-state index in [1.54, 1.807) is 0 Å². The van der Waals surface area contributed by atoms with Crippen LogP contribution < -0.4 is 0 Å². The summed E-state index contributed by atoms with van der Waals surface area (Å²) in [6, 6.07) is 7.60. The van der Waals surface area contributed by atoms with Crippen molar-refractivity contribution in [3.63, 3.8) is 0 Å². The first-order valence-electron chi connectivity index (χ1n) is 3.40. The molecule has 11 heavy (non-hydrogen) atoms. The van der Waals surface area contributed by atoms with Gasteiger partial charge in [-0.2, -0.15) is 0 Å². The topological polar surface area (TPSA) is 4.36 Å². The van der Waals surface area contributed by atoms with Gasteiger partial charge in [0.1, 0.15) is 0 Å². The third kappa shape index (κ3) is 2.61. The SMILES string of the molecule is [C-]#[N+]CCc1ccc(Cl)cc1. The molecule has 0 aliphatic carbocycles. The predicted molar refractivity (Wildman–Crippen MR) is 46.6 cm³/mol. The maximum absolute atomic E-state index is 6.59. The predicted octanol–water partition coefficient (Wildman–Crippen LogP) is 2.80. The van der Waals surface area contributed by atoms with Crippen molar-refractivity contribution in [2.75, 3.05) is 6.54 Å². The lowest BCUT2D eigenvalue weighted by atomic mass is 10.2. The Morgan fingerprint density at radius 1 is 1.27 bits per heavy atom. The Balaban J connectivity index is 2.60. The minimum Gasteiger partial charge on any atom is -0.317 e. The van der Waals surface area contributed by atoms with Gasteiger partial charge in [-0.3, -0.25) is 0 Å². The average molecular weight is 166 g/mol. The van der Waals surface area contributed by atoms with Gasteiger partial charge in [0.2, 0.25) is 6.54 Å². The summed E-state index contributed by atoms with van der Waals surface area (Å²) in [5, 5.41) is 0.747. The molecule has 1 aromatic rings. The molecule has 56 valence electrons. The van der Waals surface area contributed by atoms with Crippen LogP contribution in [0, 0.1) is 6.57 Å². The van der Waals surface area contributed by atoms with Gasteiger partial charge in [0, 0.05) is 11.4 Å². The molecule has 1 aromatic carbocycles. The summed E-state index contributed by atoms with van der Waals surface area (Å²) in [4.78, 5) is 3.27. The van der Waals surface area contributed by atoms with Gasteiger partial charge < -0.3 is 4.85 Å². The van der Waals surface area contributed by atoms with Crippen molar-refractivity contribution in [1.29, 1.82) is 0 Å². The summed E-state index contributed by atoms with van der Waals surface area (Å²) >= 11 is 5.69. The molecule has 0 atom stereocenters. The van der Waals surface area contributed by atoms with Crippen LogP contribution in [0.1, 0.15) is 5.56 Å². The van der Waals surface area contributed by atoms with E-state index in [0.29, 0.717) is 6.54 Å². The molecule has 0 aromatic heterocycles. The van der Waals surface area contributed by atoms with Gasteiger partial charge in [0.05, 0.1) is 0 Å². The zero-order chi connectivity index (χ0) is 8.10. The van der Waals surface area contributed by atoms with E-state index in [0.717, 1.165) is 11.4 Å². The summed E-state index contributed by atoms with van der Waals surface area (Å²) in [7, 11) is 0. The highest BCUT2D eigenvalue weighted by Gasteiger charge is 1.93. The van der Waals surface area contributed by atoms with Crippen LogP contribution >= 0.6 is 11.6 Å². The number of benzene rings is 1. The maximum atomic E-state index is 6.59. The van der Waals surface area contributed by atoms with Crippen LogP contribution in [0.5, 0.6) is 0 Å². The zero-order valence-electron chi connectivity index (χ0n) is 6.05. The van der Waals surface area contributed by atoms with Gasteiger partial charge in [-0.05, 0) is 17.7 Å². The van der Waals surface area contributed by atoms with Crippen molar-refractivity contribution < 1.29 is 0 Å². The number of hydrogen-bond donors (Lipinski definition) is 0. The highest BCUT2D eigenvalue weighted by atomic mass is 35.5. The van der Waals surface area contributed by atoms with E-state index in [-0.39, 0.29) is 0 Å². The second-order valence-electron chi connectivity index (χ2n) is 2.26. The van der Waals surface area contributed by atoms with Crippen LogP contribution in [0.15, 0.2) is 24.3 Å². The lowest BCUT2D eigenvalue weighted by Crippen LogP contribution is -1.85. The molecule has 2 heteroatoms. The van der Waals surface area contributed by atoms with Crippen molar-refractivity contribution in [2.45, 2.75) is 6.42 Å². The van der Waals surface area contributed by atoms with Gasteiger partial charge >= 0.3 is 0 Å². The van der Waals surface area contributed by atoms with Crippen molar-refractivity contribution in [3.05, 3.63) is 46.3 Å². The second kappa shape index (κ2) is 4.00. The molecule has 0 amide bonds. The highest BCUT2D eigenvalue weighted by molar-refractivity contribution is 6.30. The molecule has 0 unspecified atom stereocenters. The van der Waals surface area contributed by atoms with E-state index in [4.69, 9.17) is 18.2 Å². The van der Waals surface area contributed by atoms with Gasteiger partial charge in [0.25, 0.3) is 0 Å². The maximum Gasteiger partial charge on any atom is 0.218 e. The molecule has 0 bridgehead atoms. The number of rotatable bonds is 2. The van der Waals surface area contributed by atoms with Gasteiger partial charge in [-0.25, -0.2) is 6.57 Å². The van der Waals surface area contributed by atoms with Gasteiger partial charge in [-0.1, -0.05) is 23.7 Å². The van der Waals surface area contributed by atoms with Crippen LogP contribution in [0.25, 0.3) is 4.85 Å². The number of hydrogen-bond acceptors (Lipinski definition) is 0. The van der Waals surface area contributed by atoms with E-state index in [1.165, 1.54) is 5.56 Å². The first kappa shape index (κ1) is 8.10. The monoisotopic (exact) mass is 165 g/mol. The minimum absolute atomic E-state index is 0.557. The smallest absolute Gasteiger partial charge is 0.218 e. The summed E-state index contributed by atoms with van der Waals surface area (Å²) < 4.78 is 0. The van der Waals surface area contributed by atoms with Crippen LogP contribution in [-0.4, -0.2) is 6.54 Å². The molecule has 0 spiro atoms. The molecule has 0 aliphatic rings. The molecule has 0 aliphatic heterocycles. The fourth-order valence-corrected chi connectivity index (χ4v) is 0.962. The Kier molecular flexibility index (Phi) is 2.95. The van der Waals surface area contributed by atoms with E-state index >= 15 is 0 Å². The van der Waals surface area contributed by atoms with Crippen LogP contribution in [0.4, 0.5) is 0 Å². The fourth-order valence-electron chi connectivity index (χ4n) is 0.836. The van der Waals surface area contributed by atoms with Crippen LogP contribution in [-0.2, 0) is 6.42 Å². The summed E-state index contributed by atoms with van der Waals surface area (Å²) in [5.41, 5.74) is 1.17. The third-order valence-electron chi connectivity index (χ3n) is 1.43. The average Bonchev–Trinajstić information content (AvgIpc) is 2.04. The Bertz CT molecular complexity index is 258. The van der Waals surface area contributed by atoms with Crippen molar-refractivity contribution in [3.8, 4) is 0 Å². The van der Waals surface area contributed by atoms with Gasteiger partial charge in [0.15, 0.2) is 0 Å². The molecular formula is C9H8ClN. The molecular weight excluding hydrogens is 158 g/mol. The van der Waals surface area contributed by atoms with E-state index < -0.39 is 0 Å². The second-order valence-corrected chi connectivity index (χ2v) is 2.69. The fraction of sp³-hybridized carbons (Fsp3) is 0.222. The first-order valence-corrected chi connectivity index (χ1v) is 3.78. The molecule has 0 N–H and O–H groups in total. The third-order valence-corrected chi connectivity index (χ3v) is 1.68. The van der Waals surface area contributed by atoms with E-state index in [1.807, 2.05) is 24.3 Å². The quantitative estimate of drug-likeness (QED) is 0.594. The highest BCUT2D eigenvalue weighted by Crippen LogP contribution is 2.09. The number of halogens is 1. The Labute approximate surface area is 71.4 Å². The number of nitrogens with zero attached hydrogens (tertiary/aromatic N) is 1. The summed E-state index contributed by atoms with van der Waals surface area (Å²) in [6.45, 7) is 7.15. The van der Waals surface area contributed by atoms with Crippen molar-refractivity contribution in [1.82, 2.24) is 0 Å². The lowest BCUT2D eigenvalue weighted by molar-refractivity contribution is 1.08. The van der Waals surface area contributed by atoms with Gasteiger partial charge in [-0.15, -0.1) is 0 Å². The van der Waals surface area contributed by atoms with Crippen LogP contribution in [0.3, 0.4) is 0 Å². The summed E-state index contributed by atoms with van der Waals surface area (Å²) in [5.74, 6) is 0. The molecule has 1 nitrogen and oxygen atoms in total. The van der Waals surface area contributed by atoms with Crippen LogP contribution in [0.2, 0.25) is 5.02 Å². The normalized spacial score (nSPS) is 9.09. The Morgan fingerprint density at radius 2 is 1.91 bits per heavy atom. The standard InChI is InChI=1S/C9H8ClN/c1-11-7-6-8-2-4-9(10)5-3-8/h2-5H,6-7H2. The molecule has 0 saturated carbocycles. The lowest BCUT2D eigenvalue weighted by Gasteiger charge is -1.94.